The quantitative estimate of drug-likeness (QED) is 0.895. The fourth-order valence-electron chi connectivity index (χ4n) is 2.60. The van der Waals surface area contributed by atoms with Crippen molar-refractivity contribution < 1.29 is 0 Å². The van der Waals surface area contributed by atoms with Gasteiger partial charge in [-0.15, -0.1) is 0 Å². The molecule has 3 nitrogen and oxygen atoms in total. The van der Waals surface area contributed by atoms with E-state index in [0.717, 1.165) is 12.8 Å². The zero-order valence-corrected chi connectivity index (χ0v) is 10.5. The summed E-state index contributed by atoms with van der Waals surface area (Å²) in [5, 5.41) is 3.65. The van der Waals surface area contributed by atoms with Gasteiger partial charge in [-0.1, -0.05) is 12.1 Å². The maximum absolute atomic E-state index is 4.51. The highest BCUT2D eigenvalue weighted by Crippen LogP contribution is 2.30. The van der Waals surface area contributed by atoms with Gasteiger partial charge in [0.25, 0.3) is 0 Å². The van der Waals surface area contributed by atoms with Crippen molar-refractivity contribution in [1.82, 2.24) is 15.3 Å². The first kappa shape index (κ1) is 11.4. The number of hydrogen-bond donors (Lipinski definition) is 1. The summed E-state index contributed by atoms with van der Waals surface area (Å²) in [6.45, 7) is 2.18. The number of pyridine rings is 2. The highest BCUT2D eigenvalue weighted by Gasteiger charge is 2.24. The van der Waals surface area contributed by atoms with Gasteiger partial charge in [-0.05, 0) is 43.0 Å². The van der Waals surface area contributed by atoms with Crippen LogP contribution in [-0.4, -0.2) is 9.97 Å². The van der Waals surface area contributed by atoms with Gasteiger partial charge in [-0.2, -0.15) is 0 Å². The maximum Gasteiger partial charge on any atom is 0.0605 e. The average molecular weight is 239 g/mol. The highest BCUT2D eigenvalue weighted by molar-refractivity contribution is 5.28. The van der Waals surface area contributed by atoms with Crippen LogP contribution in [0.25, 0.3) is 0 Å². The Balaban J connectivity index is 1.75. The van der Waals surface area contributed by atoms with Crippen LogP contribution in [0.1, 0.15) is 42.2 Å². The van der Waals surface area contributed by atoms with Crippen LogP contribution < -0.4 is 5.32 Å². The van der Waals surface area contributed by atoms with Crippen molar-refractivity contribution in [2.45, 2.75) is 31.8 Å². The van der Waals surface area contributed by atoms with Gasteiger partial charge >= 0.3 is 0 Å². The molecule has 0 aromatic carbocycles. The number of nitrogens with one attached hydrogen (secondary N) is 1. The summed E-state index contributed by atoms with van der Waals surface area (Å²) in [5.74, 6) is 0. The standard InChI is InChI=1S/C15H17N3/c1-11(13-5-2-8-16-10-13)18-14-7-6-12-4-3-9-17-15(12)14/h2-5,8-11,14,18H,6-7H2,1H3. The van der Waals surface area contributed by atoms with E-state index in [1.54, 1.807) is 0 Å². The third kappa shape index (κ3) is 2.14. The second-order valence-corrected chi connectivity index (χ2v) is 4.81. The molecule has 0 aliphatic heterocycles. The van der Waals surface area contributed by atoms with Crippen molar-refractivity contribution in [3.63, 3.8) is 0 Å². The number of fused-ring (bicyclic) bond motifs is 1. The van der Waals surface area contributed by atoms with Crippen molar-refractivity contribution in [3.8, 4) is 0 Å². The zero-order valence-electron chi connectivity index (χ0n) is 10.5. The minimum absolute atomic E-state index is 0.302. The summed E-state index contributed by atoms with van der Waals surface area (Å²) in [5.41, 5.74) is 3.82. The molecule has 2 aromatic rings. The summed E-state index contributed by atoms with van der Waals surface area (Å²) in [4.78, 5) is 8.68. The van der Waals surface area contributed by atoms with E-state index >= 15 is 0 Å². The van der Waals surface area contributed by atoms with Crippen molar-refractivity contribution in [2.24, 2.45) is 0 Å². The van der Waals surface area contributed by atoms with Crippen LogP contribution in [0.4, 0.5) is 0 Å². The van der Waals surface area contributed by atoms with Gasteiger partial charge in [0.05, 0.1) is 11.7 Å². The second-order valence-electron chi connectivity index (χ2n) is 4.81. The summed E-state index contributed by atoms with van der Waals surface area (Å²) in [6, 6.07) is 8.96. The molecule has 0 fully saturated rings. The van der Waals surface area contributed by atoms with Gasteiger partial charge in [-0.3, -0.25) is 9.97 Å². The van der Waals surface area contributed by atoms with E-state index in [4.69, 9.17) is 0 Å². The van der Waals surface area contributed by atoms with E-state index in [0.29, 0.717) is 12.1 Å². The minimum atomic E-state index is 0.302. The fourth-order valence-corrected chi connectivity index (χ4v) is 2.60. The third-order valence-electron chi connectivity index (χ3n) is 3.59. The SMILES string of the molecule is CC(NC1CCc2cccnc21)c1cccnc1. The summed E-state index contributed by atoms with van der Waals surface area (Å²) in [6.07, 6.45) is 7.87. The second kappa shape index (κ2) is 4.86. The topological polar surface area (TPSA) is 37.8 Å². The Morgan fingerprint density at radius 1 is 1.28 bits per heavy atom. The normalized spacial score (nSPS) is 19.5. The largest absolute Gasteiger partial charge is 0.302 e. The first-order valence-corrected chi connectivity index (χ1v) is 6.44. The van der Waals surface area contributed by atoms with Crippen LogP contribution in [0.3, 0.4) is 0 Å². The Hall–Kier alpha value is -1.74. The molecule has 1 N–H and O–H groups in total. The monoisotopic (exact) mass is 239 g/mol. The van der Waals surface area contributed by atoms with E-state index in [1.807, 2.05) is 30.7 Å². The van der Waals surface area contributed by atoms with Crippen LogP contribution in [0.5, 0.6) is 0 Å². The van der Waals surface area contributed by atoms with Gasteiger partial charge in [0.2, 0.25) is 0 Å². The molecule has 0 radical (unpaired) electrons. The summed E-state index contributed by atoms with van der Waals surface area (Å²) in [7, 11) is 0. The van der Waals surface area contributed by atoms with Crippen molar-refractivity contribution in [2.75, 3.05) is 0 Å². The van der Waals surface area contributed by atoms with Crippen molar-refractivity contribution in [3.05, 3.63) is 59.7 Å². The van der Waals surface area contributed by atoms with E-state index in [1.165, 1.54) is 16.8 Å². The molecule has 0 amide bonds. The molecular weight excluding hydrogens is 222 g/mol. The lowest BCUT2D eigenvalue weighted by atomic mass is 10.1. The van der Waals surface area contributed by atoms with Gasteiger partial charge in [-0.25, -0.2) is 0 Å². The molecule has 0 bridgehead atoms. The molecule has 1 aliphatic rings. The Bertz CT molecular complexity index is 524. The molecule has 2 unspecified atom stereocenters. The number of aryl methyl sites for hydroxylation is 1. The van der Waals surface area contributed by atoms with E-state index in [9.17, 15) is 0 Å². The van der Waals surface area contributed by atoms with Crippen LogP contribution in [-0.2, 0) is 6.42 Å². The number of aromatic nitrogens is 2. The molecule has 2 atom stereocenters. The number of rotatable bonds is 3. The molecular formula is C15H17N3. The predicted octanol–water partition coefficient (Wildman–Crippen LogP) is 2.81. The van der Waals surface area contributed by atoms with Crippen molar-refractivity contribution >= 4 is 0 Å². The Labute approximate surface area is 107 Å². The molecule has 3 rings (SSSR count). The minimum Gasteiger partial charge on any atom is -0.302 e. The summed E-state index contributed by atoms with van der Waals surface area (Å²) >= 11 is 0. The van der Waals surface area contributed by atoms with Crippen LogP contribution in [0, 0.1) is 0 Å². The third-order valence-corrected chi connectivity index (χ3v) is 3.59. The van der Waals surface area contributed by atoms with E-state index in [2.05, 4.69) is 34.3 Å². The number of hydrogen-bond acceptors (Lipinski definition) is 3. The Morgan fingerprint density at radius 3 is 3.00 bits per heavy atom. The zero-order chi connectivity index (χ0) is 12.4. The molecule has 3 heteroatoms. The molecule has 92 valence electrons. The average Bonchev–Trinajstić information content (AvgIpc) is 2.83. The van der Waals surface area contributed by atoms with Crippen LogP contribution >= 0.6 is 0 Å². The molecule has 1 aliphatic carbocycles. The molecule has 18 heavy (non-hydrogen) atoms. The Morgan fingerprint density at radius 2 is 2.17 bits per heavy atom. The number of nitrogens with zero attached hydrogens (tertiary/aromatic N) is 2. The lowest BCUT2D eigenvalue weighted by molar-refractivity contribution is 0.457. The molecule has 0 saturated heterocycles. The first-order chi connectivity index (χ1) is 8.84. The predicted molar refractivity (Wildman–Crippen MR) is 71.1 cm³/mol. The van der Waals surface area contributed by atoms with Gasteiger partial charge in [0, 0.05) is 24.6 Å². The fraction of sp³-hybridized carbons (Fsp3) is 0.333. The Kier molecular flexibility index (Phi) is 3.07. The highest BCUT2D eigenvalue weighted by atomic mass is 15.0. The summed E-state index contributed by atoms with van der Waals surface area (Å²) < 4.78 is 0. The lowest BCUT2D eigenvalue weighted by Crippen LogP contribution is -2.23. The van der Waals surface area contributed by atoms with Crippen LogP contribution in [0.15, 0.2) is 42.9 Å². The van der Waals surface area contributed by atoms with E-state index < -0.39 is 0 Å². The van der Waals surface area contributed by atoms with Crippen molar-refractivity contribution in [1.29, 1.82) is 0 Å². The maximum atomic E-state index is 4.51. The smallest absolute Gasteiger partial charge is 0.0605 e. The molecule has 0 saturated carbocycles. The molecule has 2 aromatic heterocycles. The van der Waals surface area contributed by atoms with Gasteiger partial charge in [0.1, 0.15) is 0 Å². The lowest BCUT2D eigenvalue weighted by Gasteiger charge is -2.19. The van der Waals surface area contributed by atoms with Gasteiger partial charge < -0.3 is 5.32 Å². The van der Waals surface area contributed by atoms with E-state index in [-0.39, 0.29) is 0 Å². The molecule has 0 spiro atoms. The first-order valence-electron chi connectivity index (χ1n) is 6.44. The van der Waals surface area contributed by atoms with Gasteiger partial charge in [0.15, 0.2) is 0 Å². The van der Waals surface area contributed by atoms with Crippen LogP contribution in [0.2, 0.25) is 0 Å². The molecule has 2 heterocycles.